The van der Waals surface area contributed by atoms with Crippen LogP contribution in [0.2, 0.25) is 0 Å². The molecule has 0 aromatic carbocycles. The molecule has 17 heavy (non-hydrogen) atoms. The van der Waals surface area contributed by atoms with Crippen molar-refractivity contribution >= 4 is 0 Å². The molecule has 0 aliphatic carbocycles. The Bertz CT molecular complexity index is 302. The summed E-state index contributed by atoms with van der Waals surface area (Å²) in [6, 6.07) is 4.27. The van der Waals surface area contributed by atoms with Gasteiger partial charge in [-0.2, -0.15) is 0 Å². The molecule has 0 radical (unpaired) electrons. The van der Waals surface area contributed by atoms with Crippen LogP contribution in [0.5, 0.6) is 0 Å². The minimum absolute atomic E-state index is 0.105. The van der Waals surface area contributed by atoms with Crippen molar-refractivity contribution in [3.05, 3.63) is 24.2 Å². The van der Waals surface area contributed by atoms with Crippen molar-refractivity contribution in [1.82, 2.24) is 10.2 Å². The van der Waals surface area contributed by atoms with Gasteiger partial charge in [-0.25, -0.2) is 0 Å². The second-order valence-corrected chi connectivity index (χ2v) is 4.71. The summed E-state index contributed by atoms with van der Waals surface area (Å²) >= 11 is 0. The first-order valence-electron chi connectivity index (χ1n) is 6.56. The van der Waals surface area contributed by atoms with Crippen LogP contribution in [0.4, 0.5) is 0 Å². The zero-order valence-corrected chi connectivity index (χ0v) is 11.8. The molecule has 0 saturated carbocycles. The van der Waals surface area contributed by atoms with E-state index in [0.29, 0.717) is 0 Å². The highest BCUT2D eigenvalue weighted by Gasteiger charge is 2.39. The standard InChI is InChI=1S/C14H26N2O/c1-6-14(7-2,16(4)5)13(15-8-3)12-10-9-11-17-12/h9-11,13,15H,6-8H2,1-5H3. The van der Waals surface area contributed by atoms with Crippen LogP contribution in [-0.4, -0.2) is 31.1 Å². The minimum Gasteiger partial charge on any atom is -0.468 e. The lowest BCUT2D eigenvalue weighted by Gasteiger charge is -2.44. The first-order chi connectivity index (χ1) is 8.12. The Morgan fingerprint density at radius 3 is 2.29 bits per heavy atom. The predicted octanol–water partition coefficient (Wildman–Crippen LogP) is 3.05. The van der Waals surface area contributed by atoms with Crippen molar-refractivity contribution < 1.29 is 4.42 Å². The number of rotatable bonds is 7. The van der Waals surface area contributed by atoms with Gasteiger partial charge in [-0.1, -0.05) is 20.8 Å². The molecule has 0 bridgehead atoms. The molecule has 98 valence electrons. The number of hydrogen-bond donors (Lipinski definition) is 1. The Morgan fingerprint density at radius 1 is 1.29 bits per heavy atom. The molecule has 0 aliphatic heterocycles. The summed E-state index contributed by atoms with van der Waals surface area (Å²) < 4.78 is 5.62. The molecule has 1 aromatic heterocycles. The summed E-state index contributed by atoms with van der Waals surface area (Å²) in [5.41, 5.74) is 0.105. The van der Waals surface area contributed by atoms with Crippen molar-refractivity contribution in [3.8, 4) is 0 Å². The Kier molecular flexibility index (Phi) is 5.22. The summed E-state index contributed by atoms with van der Waals surface area (Å²) in [4.78, 5) is 2.32. The number of nitrogens with zero attached hydrogens (tertiary/aromatic N) is 1. The maximum absolute atomic E-state index is 5.62. The number of likely N-dealkylation sites (N-methyl/N-ethyl adjacent to an activating group) is 2. The van der Waals surface area contributed by atoms with Crippen LogP contribution in [0.3, 0.4) is 0 Å². The average molecular weight is 238 g/mol. The van der Waals surface area contributed by atoms with E-state index in [9.17, 15) is 0 Å². The van der Waals surface area contributed by atoms with E-state index < -0.39 is 0 Å². The van der Waals surface area contributed by atoms with E-state index in [1.54, 1.807) is 6.26 Å². The first-order valence-corrected chi connectivity index (χ1v) is 6.56. The van der Waals surface area contributed by atoms with Gasteiger partial charge in [0, 0.05) is 5.54 Å². The van der Waals surface area contributed by atoms with Crippen LogP contribution in [0.25, 0.3) is 0 Å². The van der Waals surface area contributed by atoms with Crippen molar-refractivity contribution in [2.45, 2.75) is 45.2 Å². The monoisotopic (exact) mass is 238 g/mol. The fourth-order valence-electron chi connectivity index (χ4n) is 2.76. The van der Waals surface area contributed by atoms with Gasteiger partial charge in [0.2, 0.25) is 0 Å². The SMILES string of the molecule is CCNC(c1ccco1)C(CC)(CC)N(C)C. The number of furan rings is 1. The molecular formula is C14H26N2O. The van der Waals surface area contributed by atoms with E-state index in [-0.39, 0.29) is 11.6 Å². The zero-order chi connectivity index (χ0) is 12.9. The Morgan fingerprint density at radius 2 is 1.94 bits per heavy atom. The second-order valence-electron chi connectivity index (χ2n) is 4.71. The third-order valence-corrected chi connectivity index (χ3v) is 3.89. The maximum atomic E-state index is 5.62. The highest BCUT2D eigenvalue weighted by Crippen LogP contribution is 2.36. The van der Waals surface area contributed by atoms with Crippen LogP contribution in [0.1, 0.15) is 45.4 Å². The molecule has 1 aromatic rings. The van der Waals surface area contributed by atoms with E-state index in [1.807, 2.05) is 6.07 Å². The smallest absolute Gasteiger partial charge is 0.122 e. The van der Waals surface area contributed by atoms with Crippen LogP contribution in [-0.2, 0) is 0 Å². The van der Waals surface area contributed by atoms with Crippen LogP contribution < -0.4 is 5.32 Å². The topological polar surface area (TPSA) is 28.4 Å². The second kappa shape index (κ2) is 6.22. The molecule has 0 saturated heterocycles. The molecule has 0 fully saturated rings. The molecule has 0 aliphatic rings. The van der Waals surface area contributed by atoms with Crippen LogP contribution >= 0.6 is 0 Å². The third-order valence-electron chi connectivity index (χ3n) is 3.89. The molecule has 3 nitrogen and oxygen atoms in total. The summed E-state index contributed by atoms with van der Waals surface area (Å²) in [6.07, 6.45) is 3.94. The van der Waals surface area contributed by atoms with Crippen molar-refractivity contribution in [3.63, 3.8) is 0 Å². The summed E-state index contributed by atoms with van der Waals surface area (Å²) in [6.45, 7) is 7.58. The molecular weight excluding hydrogens is 212 g/mol. The lowest BCUT2D eigenvalue weighted by molar-refractivity contribution is 0.0786. The van der Waals surface area contributed by atoms with Crippen molar-refractivity contribution in [2.24, 2.45) is 0 Å². The molecule has 3 heteroatoms. The Hall–Kier alpha value is -0.800. The van der Waals surface area contributed by atoms with E-state index >= 15 is 0 Å². The fourth-order valence-corrected chi connectivity index (χ4v) is 2.76. The highest BCUT2D eigenvalue weighted by molar-refractivity contribution is 5.13. The van der Waals surface area contributed by atoms with Gasteiger partial charge in [-0.3, -0.25) is 0 Å². The number of hydrogen-bond acceptors (Lipinski definition) is 3. The summed E-state index contributed by atoms with van der Waals surface area (Å²) in [5, 5.41) is 3.57. The highest BCUT2D eigenvalue weighted by atomic mass is 16.3. The number of nitrogens with one attached hydrogen (secondary N) is 1. The van der Waals surface area contributed by atoms with Gasteiger partial charge in [-0.15, -0.1) is 0 Å². The lowest BCUT2D eigenvalue weighted by Crippen LogP contribution is -2.53. The van der Waals surface area contributed by atoms with E-state index in [1.165, 1.54) is 0 Å². The van der Waals surface area contributed by atoms with E-state index in [2.05, 4.69) is 51.1 Å². The largest absolute Gasteiger partial charge is 0.468 e. The summed E-state index contributed by atoms with van der Waals surface area (Å²) in [7, 11) is 4.31. The minimum atomic E-state index is 0.105. The zero-order valence-electron chi connectivity index (χ0n) is 11.8. The van der Waals surface area contributed by atoms with Gasteiger partial charge in [0.25, 0.3) is 0 Å². The van der Waals surface area contributed by atoms with Crippen molar-refractivity contribution in [2.75, 3.05) is 20.6 Å². The molecule has 0 amide bonds. The normalized spacial score (nSPS) is 14.2. The molecule has 0 spiro atoms. The molecule has 1 N–H and O–H groups in total. The van der Waals surface area contributed by atoms with Gasteiger partial charge in [0.15, 0.2) is 0 Å². The summed E-state index contributed by atoms with van der Waals surface area (Å²) in [5.74, 6) is 1.03. The Balaban J connectivity index is 3.10. The maximum Gasteiger partial charge on any atom is 0.122 e. The van der Waals surface area contributed by atoms with Gasteiger partial charge >= 0.3 is 0 Å². The van der Waals surface area contributed by atoms with E-state index in [0.717, 1.165) is 25.1 Å². The van der Waals surface area contributed by atoms with E-state index in [4.69, 9.17) is 4.42 Å². The fraction of sp³-hybridized carbons (Fsp3) is 0.714. The van der Waals surface area contributed by atoms with Gasteiger partial charge in [0.1, 0.15) is 5.76 Å². The average Bonchev–Trinajstić information content (AvgIpc) is 2.82. The quantitative estimate of drug-likeness (QED) is 0.791. The molecule has 1 heterocycles. The van der Waals surface area contributed by atoms with Gasteiger partial charge < -0.3 is 14.6 Å². The van der Waals surface area contributed by atoms with Gasteiger partial charge in [0.05, 0.1) is 12.3 Å². The molecule has 1 rings (SSSR count). The third kappa shape index (κ3) is 2.72. The molecule has 1 unspecified atom stereocenters. The van der Waals surface area contributed by atoms with Crippen LogP contribution in [0, 0.1) is 0 Å². The first kappa shape index (κ1) is 14.3. The Labute approximate surface area is 105 Å². The van der Waals surface area contributed by atoms with Gasteiger partial charge in [-0.05, 0) is 45.6 Å². The predicted molar refractivity (Wildman–Crippen MR) is 72.1 cm³/mol. The molecule has 1 atom stereocenters. The lowest BCUT2D eigenvalue weighted by atomic mass is 9.82. The van der Waals surface area contributed by atoms with Crippen molar-refractivity contribution in [1.29, 1.82) is 0 Å². The van der Waals surface area contributed by atoms with Crippen LogP contribution in [0.15, 0.2) is 22.8 Å².